The molecule has 1 heterocycles. The molecule has 0 N–H and O–H groups in total. The van der Waals surface area contributed by atoms with E-state index in [9.17, 15) is 9.59 Å². The van der Waals surface area contributed by atoms with Crippen LogP contribution in [-0.4, -0.2) is 35.4 Å². The molecular weight excluding hydrogens is 264 g/mol. The number of hydrogen-bond donors (Lipinski definition) is 0. The molecule has 0 aliphatic rings. The fourth-order valence-electron chi connectivity index (χ4n) is 1.65. The van der Waals surface area contributed by atoms with Crippen molar-refractivity contribution in [3.8, 4) is 0 Å². The van der Waals surface area contributed by atoms with Crippen LogP contribution in [0.4, 0.5) is 0 Å². The number of carbonyl (C=O) groups excluding carboxylic acids is 2. The fourth-order valence-corrected chi connectivity index (χ4v) is 2.42. The van der Waals surface area contributed by atoms with E-state index in [1.54, 1.807) is 17.2 Å². The number of nitrogens with zero attached hydrogens (tertiary/aromatic N) is 2. The minimum absolute atomic E-state index is 0.0333. The average Bonchev–Trinajstić information content (AvgIpc) is 2.85. The molecule has 19 heavy (non-hydrogen) atoms. The van der Waals surface area contributed by atoms with Crippen LogP contribution in [0.3, 0.4) is 0 Å². The Labute approximate surface area is 117 Å². The van der Waals surface area contributed by atoms with Crippen molar-refractivity contribution in [2.75, 3.05) is 13.7 Å². The number of unbranched alkanes of at least 4 members (excludes halogenated alkanes) is 2. The monoisotopic (exact) mass is 284 g/mol. The Balaban J connectivity index is 2.61. The average molecular weight is 284 g/mol. The van der Waals surface area contributed by atoms with Gasteiger partial charge in [-0.3, -0.25) is 4.79 Å². The second-order valence-corrected chi connectivity index (χ2v) is 5.21. The highest BCUT2D eigenvalue weighted by molar-refractivity contribution is 7.09. The van der Waals surface area contributed by atoms with Crippen molar-refractivity contribution in [2.24, 2.45) is 0 Å². The van der Waals surface area contributed by atoms with Crippen LogP contribution >= 0.6 is 11.3 Å². The van der Waals surface area contributed by atoms with Crippen LogP contribution < -0.4 is 0 Å². The number of carbonyl (C=O) groups is 2. The maximum Gasteiger partial charge on any atom is 0.357 e. The lowest BCUT2D eigenvalue weighted by Crippen LogP contribution is -2.29. The zero-order chi connectivity index (χ0) is 14.3. The number of rotatable bonds is 7. The summed E-state index contributed by atoms with van der Waals surface area (Å²) in [6.45, 7) is 4.87. The predicted octanol–water partition coefficient (Wildman–Crippen LogP) is 2.47. The first-order valence-electron chi connectivity index (χ1n) is 6.36. The van der Waals surface area contributed by atoms with E-state index in [1.165, 1.54) is 18.4 Å². The number of methoxy groups -OCH3 is 1. The van der Waals surface area contributed by atoms with Crippen molar-refractivity contribution in [2.45, 2.75) is 39.7 Å². The van der Waals surface area contributed by atoms with Gasteiger partial charge >= 0.3 is 5.97 Å². The number of esters is 1. The van der Waals surface area contributed by atoms with Gasteiger partial charge in [0.25, 0.3) is 0 Å². The van der Waals surface area contributed by atoms with Gasteiger partial charge in [0.2, 0.25) is 5.91 Å². The molecule has 106 valence electrons. The largest absolute Gasteiger partial charge is 0.464 e. The number of ether oxygens (including phenoxy) is 1. The normalized spacial score (nSPS) is 10.3. The summed E-state index contributed by atoms with van der Waals surface area (Å²) < 4.78 is 4.61. The molecule has 0 saturated carbocycles. The van der Waals surface area contributed by atoms with E-state index in [4.69, 9.17) is 0 Å². The Morgan fingerprint density at radius 2 is 2.16 bits per heavy atom. The Bertz CT molecular complexity index is 431. The molecule has 0 fully saturated rings. The van der Waals surface area contributed by atoms with Crippen molar-refractivity contribution in [3.63, 3.8) is 0 Å². The molecular formula is C13H20N2O3S. The third-order valence-corrected chi connectivity index (χ3v) is 3.58. The summed E-state index contributed by atoms with van der Waals surface area (Å²) in [5, 5.41) is 2.41. The summed E-state index contributed by atoms with van der Waals surface area (Å²) in [6, 6.07) is 0. The molecule has 5 nitrogen and oxygen atoms in total. The van der Waals surface area contributed by atoms with E-state index in [1.807, 2.05) is 0 Å². The summed E-state index contributed by atoms with van der Waals surface area (Å²) in [5.74, 6) is -0.409. The zero-order valence-electron chi connectivity index (χ0n) is 11.6. The molecule has 1 aromatic rings. The molecule has 0 unspecified atom stereocenters. The van der Waals surface area contributed by atoms with Gasteiger partial charge in [0.05, 0.1) is 13.7 Å². The van der Waals surface area contributed by atoms with Crippen LogP contribution in [-0.2, 0) is 16.1 Å². The summed E-state index contributed by atoms with van der Waals surface area (Å²) in [5.41, 5.74) is 0.305. The highest BCUT2D eigenvalue weighted by Gasteiger charge is 2.14. The van der Waals surface area contributed by atoms with E-state index in [0.29, 0.717) is 12.2 Å². The van der Waals surface area contributed by atoms with E-state index >= 15 is 0 Å². The third-order valence-electron chi connectivity index (χ3n) is 2.75. The highest BCUT2D eigenvalue weighted by Crippen LogP contribution is 2.14. The zero-order valence-corrected chi connectivity index (χ0v) is 12.5. The smallest absolute Gasteiger partial charge is 0.357 e. The van der Waals surface area contributed by atoms with Gasteiger partial charge in [-0.2, -0.15) is 0 Å². The van der Waals surface area contributed by atoms with Crippen molar-refractivity contribution < 1.29 is 14.3 Å². The van der Waals surface area contributed by atoms with Gasteiger partial charge in [0.15, 0.2) is 5.69 Å². The van der Waals surface area contributed by atoms with E-state index in [-0.39, 0.29) is 5.91 Å². The van der Waals surface area contributed by atoms with Gasteiger partial charge in [-0.25, -0.2) is 9.78 Å². The summed E-state index contributed by atoms with van der Waals surface area (Å²) in [4.78, 5) is 28.8. The molecule has 0 aliphatic heterocycles. The lowest BCUT2D eigenvalue weighted by atomic mass is 10.2. The molecule has 0 aromatic carbocycles. The van der Waals surface area contributed by atoms with Crippen molar-refractivity contribution in [1.82, 2.24) is 9.88 Å². The second-order valence-electron chi connectivity index (χ2n) is 4.27. The van der Waals surface area contributed by atoms with Crippen molar-refractivity contribution in [3.05, 3.63) is 16.1 Å². The lowest BCUT2D eigenvalue weighted by Gasteiger charge is -2.19. The van der Waals surface area contributed by atoms with Crippen LogP contribution in [0.15, 0.2) is 5.38 Å². The Morgan fingerprint density at radius 3 is 2.74 bits per heavy atom. The minimum Gasteiger partial charge on any atom is -0.464 e. The van der Waals surface area contributed by atoms with Gasteiger partial charge in [0.1, 0.15) is 5.01 Å². The Morgan fingerprint density at radius 1 is 1.42 bits per heavy atom. The molecule has 1 rings (SSSR count). The first kappa shape index (κ1) is 15.6. The van der Waals surface area contributed by atoms with Crippen molar-refractivity contribution in [1.29, 1.82) is 0 Å². The molecule has 0 bridgehead atoms. The van der Waals surface area contributed by atoms with Gasteiger partial charge in [0, 0.05) is 18.8 Å². The molecule has 1 aromatic heterocycles. The summed E-state index contributed by atoms with van der Waals surface area (Å²) in [6.07, 6.45) is 3.22. The quantitative estimate of drug-likeness (QED) is 0.570. The van der Waals surface area contributed by atoms with Crippen LogP contribution in [0.2, 0.25) is 0 Å². The van der Waals surface area contributed by atoms with Gasteiger partial charge in [-0.15, -0.1) is 11.3 Å². The van der Waals surface area contributed by atoms with Gasteiger partial charge < -0.3 is 9.64 Å². The molecule has 0 saturated heterocycles. The summed E-state index contributed by atoms with van der Waals surface area (Å²) >= 11 is 1.37. The second kappa shape index (κ2) is 7.89. The molecule has 1 amide bonds. The van der Waals surface area contributed by atoms with Crippen molar-refractivity contribution >= 4 is 23.2 Å². The Hall–Kier alpha value is -1.43. The molecule has 0 aliphatic carbocycles. The van der Waals surface area contributed by atoms with Gasteiger partial charge in [-0.1, -0.05) is 19.8 Å². The molecule has 0 spiro atoms. The molecule has 6 heteroatoms. The standard InChI is InChI=1S/C13H20N2O3S/c1-4-5-6-7-15(10(2)16)8-12-14-11(9-19-12)13(17)18-3/h9H,4-8H2,1-3H3. The number of aromatic nitrogens is 1. The van der Waals surface area contributed by atoms with E-state index in [2.05, 4.69) is 16.6 Å². The minimum atomic E-state index is -0.442. The molecule has 0 radical (unpaired) electrons. The topological polar surface area (TPSA) is 59.5 Å². The maximum atomic E-state index is 11.6. The van der Waals surface area contributed by atoms with Gasteiger partial charge in [-0.05, 0) is 6.42 Å². The van der Waals surface area contributed by atoms with E-state index in [0.717, 1.165) is 30.8 Å². The van der Waals surface area contributed by atoms with Crippen LogP contribution in [0, 0.1) is 0 Å². The van der Waals surface area contributed by atoms with E-state index < -0.39 is 5.97 Å². The summed E-state index contributed by atoms with van der Waals surface area (Å²) in [7, 11) is 1.33. The lowest BCUT2D eigenvalue weighted by molar-refractivity contribution is -0.129. The SMILES string of the molecule is CCCCCN(Cc1nc(C(=O)OC)cs1)C(C)=O. The van der Waals surface area contributed by atoms with Crippen LogP contribution in [0.25, 0.3) is 0 Å². The highest BCUT2D eigenvalue weighted by atomic mass is 32.1. The maximum absolute atomic E-state index is 11.6. The van der Waals surface area contributed by atoms with Crippen LogP contribution in [0.1, 0.15) is 48.6 Å². The van der Waals surface area contributed by atoms with Crippen LogP contribution in [0.5, 0.6) is 0 Å². The fraction of sp³-hybridized carbons (Fsp3) is 0.615. The third kappa shape index (κ3) is 4.98. The predicted molar refractivity (Wildman–Crippen MR) is 74.1 cm³/mol. The first-order chi connectivity index (χ1) is 9.08. The number of hydrogen-bond acceptors (Lipinski definition) is 5. The number of thiazole rings is 1. The Kier molecular flexibility index (Phi) is 6.49. The molecule has 0 atom stereocenters. The number of amides is 1. The first-order valence-corrected chi connectivity index (χ1v) is 7.24.